The van der Waals surface area contributed by atoms with Crippen LogP contribution in [-0.4, -0.2) is 22.9 Å². The largest absolute Gasteiger partial charge is 0.457 e. The van der Waals surface area contributed by atoms with Crippen molar-refractivity contribution in [2.45, 2.75) is 33.7 Å². The molecule has 0 atom stereocenters. The zero-order chi connectivity index (χ0) is 26.9. The quantitative estimate of drug-likeness (QED) is 0.209. The van der Waals surface area contributed by atoms with E-state index in [1.807, 2.05) is 91.0 Å². The Bertz CT molecular complexity index is 1420. The molecular formula is C31H27NO6. The molecule has 0 spiro atoms. The number of hydrogen-bond acceptors (Lipinski definition) is 7. The lowest BCUT2D eigenvalue weighted by molar-refractivity contribution is 0.0414. The van der Waals surface area contributed by atoms with Crippen LogP contribution < -0.4 is 0 Å². The minimum absolute atomic E-state index is 0.00117. The average molecular weight is 510 g/mol. The number of pyridine rings is 1. The predicted octanol–water partition coefficient (Wildman–Crippen LogP) is 5.77. The van der Waals surface area contributed by atoms with E-state index in [-0.39, 0.29) is 47.9 Å². The fourth-order valence-corrected chi connectivity index (χ4v) is 3.93. The van der Waals surface area contributed by atoms with Gasteiger partial charge in [-0.25, -0.2) is 19.4 Å². The molecular weight excluding hydrogens is 482 g/mol. The SMILES string of the molecule is Cc1nc(C(=O)OCc2ccccc2)c(C(=O)OCc2ccccc2)c(C)c1C(=O)OCc1ccccc1. The fraction of sp³-hybridized carbons (Fsp3) is 0.161. The number of aromatic nitrogens is 1. The monoisotopic (exact) mass is 509 g/mol. The summed E-state index contributed by atoms with van der Waals surface area (Å²) in [5.74, 6) is -2.24. The lowest BCUT2D eigenvalue weighted by atomic mass is 9.99. The fourth-order valence-electron chi connectivity index (χ4n) is 3.93. The van der Waals surface area contributed by atoms with Crippen molar-refractivity contribution in [2.75, 3.05) is 0 Å². The van der Waals surface area contributed by atoms with Gasteiger partial charge in [-0.2, -0.15) is 0 Å². The van der Waals surface area contributed by atoms with Gasteiger partial charge in [-0.3, -0.25) is 0 Å². The zero-order valence-corrected chi connectivity index (χ0v) is 21.2. The molecule has 0 saturated heterocycles. The van der Waals surface area contributed by atoms with Crippen LogP contribution in [0.2, 0.25) is 0 Å². The predicted molar refractivity (Wildman–Crippen MR) is 140 cm³/mol. The average Bonchev–Trinajstić information content (AvgIpc) is 2.95. The van der Waals surface area contributed by atoms with E-state index < -0.39 is 17.9 Å². The Hall–Kier alpha value is -4.78. The van der Waals surface area contributed by atoms with Crippen LogP contribution in [0.3, 0.4) is 0 Å². The van der Waals surface area contributed by atoms with Crippen LogP contribution in [0.4, 0.5) is 0 Å². The van der Waals surface area contributed by atoms with Gasteiger partial charge in [0.15, 0.2) is 5.69 Å². The molecule has 0 radical (unpaired) electrons. The minimum Gasteiger partial charge on any atom is -0.457 e. The molecule has 7 heteroatoms. The lowest BCUT2D eigenvalue weighted by Crippen LogP contribution is -2.22. The van der Waals surface area contributed by atoms with Crippen LogP contribution in [0.5, 0.6) is 0 Å². The molecule has 7 nitrogen and oxygen atoms in total. The van der Waals surface area contributed by atoms with Gasteiger partial charge in [-0.05, 0) is 36.1 Å². The third-order valence-electron chi connectivity index (χ3n) is 5.87. The first-order valence-electron chi connectivity index (χ1n) is 12.1. The number of ether oxygens (including phenoxy) is 3. The molecule has 1 heterocycles. The van der Waals surface area contributed by atoms with Crippen LogP contribution in [0, 0.1) is 13.8 Å². The molecule has 0 fully saturated rings. The van der Waals surface area contributed by atoms with Gasteiger partial charge in [0.05, 0.1) is 16.8 Å². The maximum absolute atomic E-state index is 13.3. The summed E-state index contributed by atoms with van der Waals surface area (Å²) in [6.45, 7) is 3.19. The number of hydrogen-bond donors (Lipinski definition) is 0. The third-order valence-corrected chi connectivity index (χ3v) is 5.87. The van der Waals surface area contributed by atoms with E-state index in [0.29, 0.717) is 0 Å². The first-order valence-corrected chi connectivity index (χ1v) is 12.1. The Labute approximate surface area is 221 Å². The summed E-state index contributed by atoms with van der Waals surface area (Å²) in [4.78, 5) is 43.8. The maximum atomic E-state index is 13.3. The second-order valence-corrected chi connectivity index (χ2v) is 8.61. The third kappa shape index (κ3) is 6.50. The zero-order valence-electron chi connectivity index (χ0n) is 21.2. The number of carbonyl (C=O) groups excluding carboxylic acids is 3. The Balaban J connectivity index is 1.63. The summed E-state index contributed by atoms with van der Waals surface area (Å²) in [6.07, 6.45) is 0. The molecule has 4 rings (SSSR count). The number of carbonyl (C=O) groups is 3. The Kier molecular flexibility index (Phi) is 8.61. The number of esters is 3. The van der Waals surface area contributed by atoms with E-state index in [2.05, 4.69) is 4.98 Å². The summed E-state index contributed by atoms with van der Waals surface area (Å²) in [5, 5.41) is 0. The second-order valence-electron chi connectivity index (χ2n) is 8.61. The van der Waals surface area contributed by atoms with Crippen molar-refractivity contribution in [3.05, 3.63) is 136 Å². The lowest BCUT2D eigenvalue weighted by Gasteiger charge is -2.16. The first-order chi connectivity index (χ1) is 18.4. The van der Waals surface area contributed by atoms with E-state index in [1.54, 1.807) is 13.8 Å². The Morgan fingerprint density at radius 2 is 0.921 bits per heavy atom. The van der Waals surface area contributed by atoms with Gasteiger partial charge >= 0.3 is 17.9 Å². The molecule has 4 aromatic rings. The highest BCUT2D eigenvalue weighted by Gasteiger charge is 2.30. The molecule has 0 aliphatic rings. The van der Waals surface area contributed by atoms with E-state index in [4.69, 9.17) is 14.2 Å². The van der Waals surface area contributed by atoms with Gasteiger partial charge in [0.25, 0.3) is 0 Å². The van der Waals surface area contributed by atoms with Crippen molar-refractivity contribution in [3.8, 4) is 0 Å². The van der Waals surface area contributed by atoms with Crippen molar-refractivity contribution < 1.29 is 28.6 Å². The van der Waals surface area contributed by atoms with E-state index in [0.717, 1.165) is 16.7 Å². The molecule has 38 heavy (non-hydrogen) atoms. The summed E-state index contributed by atoms with van der Waals surface area (Å²) in [7, 11) is 0. The number of nitrogens with zero attached hydrogens (tertiary/aromatic N) is 1. The van der Waals surface area contributed by atoms with Crippen molar-refractivity contribution in [3.63, 3.8) is 0 Å². The molecule has 0 saturated carbocycles. The van der Waals surface area contributed by atoms with Crippen LogP contribution in [0.1, 0.15) is 59.2 Å². The van der Waals surface area contributed by atoms with Crippen molar-refractivity contribution in [2.24, 2.45) is 0 Å². The second kappa shape index (κ2) is 12.5. The van der Waals surface area contributed by atoms with Gasteiger partial charge in [0, 0.05) is 0 Å². The van der Waals surface area contributed by atoms with Crippen molar-refractivity contribution in [1.29, 1.82) is 0 Å². The van der Waals surface area contributed by atoms with Crippen molar-refractivity contribution >= 4 is 17.9 Å². The molecule has 0 unspecified atom stereocenters. The van der Waals surface area contributed by atoms with Crippen molar-refractivity contribution in [1.82, 2.24) is 4.98 Å². The molecule has 0 aliphatic heterocycles. The van der Waals surface area contributed by atoms with Gasteiger partial charge in [-0.15, -0.1) is 0 Å². The van der Waals surface area contributed by atoms with Gasteiger partial charge in [-0.1, -0.05) is 91.0 Å². The summed E-state index contributed by atoms with van der Waals surface area (Å²) in [5.41, 5.74) is 2.61. The highest BCUT2D eigenvalue weighted by atomic mass is 16.5. The molecule has 3 aromatic carbocycles. The molecule has 1 aromatic heterocycles. The first kappa shape index (κ1) is 26.3. The summed E-state index contributed by atoms with van der Waals surface area (Å²) >= 11 is 0. The van der Waals surface area contributed by atoms with Crippen LogP contribution in [0.25, 0.3) is 0 Å². The van der Waals surface area contributed by atoms with Crippen LogP contribution in [-0.2, 0) is 34.0 Å². The van der Waals surface area contributed by atoms with Crippen LogP contribution in [0.15, 0.2) is 91.0 Å². The Morgan fingerprint density at radius 1 is 0.553 bits per heavy atom. The van der Waals surface area contributed by atoms with Gasteiger partial charge in [0.2, 0.25) is 0 Å². The molecule has 192 valence electrons. The maximum Gasteiger partial charge on any atom is 0.358 e. The molecule has 0 aliphatic carbocycles. The molecule has 0 amide bonds. The molecule has 0 bridgehead atoms. The molecule has 0 N–H and O–H groups in total. The summed E-state index contributed by atoms with van der Waals surface area (Å²) in [6, 6.07) is 27.5. The smallest absolute Gasteiger partial charge is 0.358 e. The normalized spacial score (nSPS) is 10.5. The van der Waals surface area contributed by atoms with Gasteiger partial charge < -0.3 is 14.2 Å². The number of rotatable bonds is 9. The van der Waals surface area contributed by atoms with E-state index in [1.165, 1.54) is 0 Å². The van der Waals surface area contributed by atoms with E-state index in [9.17, 15) is 14.4 Å². The summed E-state index contributed by atoms with van der Waals surface area (Å²) < 4.78 is 16.5. The Morgan fingerprint density at radius 3 is 1.34 bits per heavy atom. The minimum atomic E-state index is -0.795. The topological polar surface area (TPSA) is 91.8 Å². The van der Waals surface area contributed by atoms with Gasteiger partial charge in [0.1, 0.15) is 19.8 Å². The standard InChI is InChI=1S/C31H27NO6/c1-21-26(29(33)36-18-23-12-6-3-7-13-23)22(2)32-28(31(35)38-20-25-16-10-5-11-17-25)27(21)30(34)37-19-24-14-8-4-9-15-24/h3-17H,18-20H2,1-2H3. The number of benzene rings is 3. The highest BCUT2D eigenvalue weighted by molar-refractivity contribution is 6.06. The highest BCUT2D eigenvalue weighted by Crippen LogP contribution is 2.24. The van der Waals surface area contributed by atoms with Crippen LogP contribution >= 0.6 is 0 Å². The van der Waals surface area contributed by atoms with E-state index >= 15 is 0 Å². The number of aryl methyl sites for hydroxylation is 1.